The van der Waals surface area contributed by atoms with Crippen molar-refractivity contribution in [3.05, 3.63) is 33.4 Å². The molecule has 3 rings (SSSR count). The number of halogens is 4. The first-order valence-corrected chi connectivity index (χ1v) is 7.49. The fourth-order valence-electron chi connectivity index (χ4n) is 2.49. The number of nitrogens with one attached hydrogen (secondary N) is 1. The standard InChI is InChI=1S/C13H10F3IN4O/c14-13(15,16)6-21-9-2-4-18-11(22)7(9)5-10(21)8-1-3-19-12(17)20-8/h1,3,5H,2,4,6H2,(H,18,22). The summed E-state index contributed by atoms with van der Waals surface area (Å²) in [5, 5.41) is 2.64. The van der Waals surface area contributed by atoms with E-state index in [4.69, 9.17) is 0 Å². The van der Waals surface area contributed by atoms with Gasteiger partial charge in [-0.3, -0.25) is 4.79 Å². The number of nitrogens with zero attached hydrogens (tertiary/aromatic N) is 3. The van der Waals surface area contributed by atoms with E-state index in [2.05, 4.69) is 15.3 Å². The molecule has 1 N–H and O–H groups in total. The maximum atomic E-state index is 12.9. The largest absolute Gasteiger partial charge is 0.406 e. The molecule has 2 aromatic heterocycles. The van der Waals surface area contributed by atoms with Crippen molar-refractivity contribution in [3.8, 4) is 11.4 Å². The molecule has 0 atom stereocenters. The summed E-state index contributed by atoms with van der Waals surface area (Å²) in [5.74, 6) is -0.354. The maximum absolute atomic E-state index is 12.9. The molecule has 1 aliphatic rings. The van der Waals surface area contributed by atoms with Crippen LogP contribution in [0.3, 0.4) is 0 Å². The Labute approximate surface area is 137 Å². The highest BCUT2D eigenvalue weighted by Gasteiger charge is 2.33. The van der Waals surface area contributed by atoms with Crippen molar-refractivity contribution in [2.24, 2.45) is 0 Å². The predicted molar refractivity (Wildman–Crippen MR) is 80.3 cm³/mol. The van der Waals surface area contributed by atoms with Gasteiger partial charge in [0.2, 0.25) is 0 Å². The molecule has 22 heavy (non-hydrogen) atoms. The van der Waals surface area contributed by atoms with Crippen molar-refractivity contribution in [1.29, 1.82) is 0 Å². The van der Waals surface area contributed by atoms with Gasteiger partial charge in [0.15, 0.2) is 3.83 Å². The Morgan fingerprint density at radius 2 is 2.18 bits per heavy atom. The topological polar surface area (TPSA) is 59.8 Å². The zero-order chi connectivity index (χ0) is 15.9. The normalized spacial score (nSPS) is 14.6. The van der Waals surface area contributed by atoms with Crippen LogP contribution in [0.4, 0.5) is 13.2 Å². The number of amides is 1. The smallest absolute Gasteiger partial charge is 0.352 e. The van der Waals surface area contributed by atoms with Gasteiger partial charge in [0.05, 0.1) is 17.0 Å². The SMILES string of the molecule is O=C1NCCc2c1cc(-c1ccnc(I)n1)n2CC(F)(F)F. The highest BCUT2D eigenvalue weighted by Crippen LogP contribution is 2.30. The summed E-state index contributed by atoms with van der Waals surface area (Å²) in [6, 6.07) is 3.00. The van der Waals surface area contributed by atoms with Gasteiger partial charge in [-0.15, -0.1) is 0 Å². The number of carbonyl (C=O) groups excluding carboxylic acids is 1. The summed E-state index contributed by atoms with van der Waals surface area (Å²) in [5.41, 5.74) is 1.31. The van der Waals surface area contributed by atoms with Crippen LogP contribution >= 0.6 is 22.6 Å². The summed E-state index contributed by atoms with van der Waals surface area (Å²) >= 11 is 1.89. The quantitative estimate of drug-likeness (QED) is 0.598. The summed E-state index contributed by atoms with van der Waals surface area (Å²) in [4.78, 5) is 20.0. The molecule has 9 heteroatoms. The molecule has 0 aromatic carbocycles. The fraction of sp³-hybridized carbons (Fsp3) is 0.308. The molecule has 0 fully saturated rings. The number of rotatable bonds is 2. The fourth-order valence-corrected chi connectivity index (χ4v) is 2.91. The number of fused-ring (bicyclic) bond motifs is 1. The van der Waals surface area contributed by atoms with Crippen LogP contribution in [0.1, 0.15) is 16.1 Å². The second kappa shape index (κ2) is 5.52. The molecule has 0 spiro atoms. The lowest BCUT2D eigenvalue weighted by Gasteiger charge is -2.18. The number of carbonyl (C=O) groups is 1. The highest BCUT2D eigenvalue weighted by atomic mass is 127. The van der Waals surface area contributed by atoms with Gasteiger partial charge in [0.1, 0.15) is 6.54 Å². The summed E-state index contributed by atoms with van der Waals surface area (Å²) in [7, 11) is 0. The zero-order valence-corrected chi connectivity index (χ0v) is 13.3. The van der Waals surface area contributed by atoms with E-state index in [1.54, 1.807) is 0 Å². The summed E-state index contributed by atoms with van der Waals surface area (Å²) in [6.45, 7) is -0.819. The van der Waals surface area contributed by atoms with Gasteiger partial charge in [-0.25, -0.2) is 9.97 Å². The molecule has 0 aliphatic carbocycles. The van der Waals surface area contributed by atoms with E-state index >= 15 is 0 Å². The third-order valence-electron chi connectivity index (χ3n) is 3.33. The monoisotopic (exact) mass is 422 g/mol. The number of hydrogen-bond donors (Lipinski definition) is 1. The minimum atomic E-state index is -4.38. The second-order valence-corrected chi connectivity index (χ2v) is 5.77. The van der Waals surface area contributed by atoms with Gasteiger partial charge in [0, 0.05) is 47.4 Å². The molecule has 0 bridgehead atoms. The molecule has 0 saturated carbocycles. The lowest BCUT2D eigenvalue weighted by molar-refractivity contribution is -0.140. The number of alkyl halides is 3. The van der Waals surface area contributed by atoms with E-state index in [0.717, 1.165) is 4.57 Å². The molecular weight excluding hydrogens is 412 g/mol. The first kappa shape index (κ1) is 15.3. The molecule has 0 saturated heterocycles. The van der Waals surface area contributed by atoms with Gasteiger partial charge in [-0.2, -0.15) is 13.2 Å². The van der Waals surface area contributed by atoms with Crippen LogP contribution in [-0.2, 0) is 13.0 Å². The maximum Gasteiger partial charge on any atom is 0.406 e. The molecule has 0 unspecified atom stereocenters. The number of aromatic nitrogens is 3. The third kappa shape index (κ3) is 2.94. The summed E-state index contributed by atoms with van der Waals surface area (Å²) in [6.07, 6.45) is -2.54. The van der Waals surface area contributed by atoms with Crippen molar-refractivity contribution in [2.75, 3.05) is 6.54 Å². The molecule has 2 aromatic rings. The lowest BCUT2D eigenvalue weighted by atomic mass is 10.1. The van der Waals surface area contributed by atoms with Crippen LogP contribution < -0.4 is 5.32 Å². The lowest BCUT2D eigenvalue weighted by Crippen LogP contribution is -2.33. The van der Waals surface area contributed by atoms with Crippen LogP contribution in [-0.4, -0.2) is 33.2 Å². The van der Waals surface area contributed by atoms with Gasteiger partial charge < -0.3 is 9.88 Å². The Bertz CT molecular complexity index is 741. The second-order valence-electron chi connectivity index (χ2n) is 4.81. The van der Waals surface area contributed by atoms with E-state index in [9.17, 15) is 18.0 Å². The molecular formula is C13H10F3IN4O. The third-order valence-corrected chi connectivity index (χ3v) is 3.85. The van der Waals surface area contributed by atoms with Crippen LogP contribution in [0.25, 0.3) is 11.4 Å². The Kier molecular flexibility index (Phi) is 3.83. The van der Waals surface area contributed by atoms with Crippen LogP contribution in [0, 0.1) is 3.83 Å². The van der Waals surface area contributed by atoms with E-state index < -0.39 is 12.7 Å². The average molecular weight is 422 g/mol. The van der Waals surface area contributed by atoms with Gasteiger partial charge in [0.25, 0.3) is 5.91 Å². The molecule has 0 radical (unpaired) electrons. The molecule has 116 valence electrons. The van der Waals surface area contributed by atoms with Crippen molar-refractivity contribution in [2.45, 2.75) is 19.1 Å². The Hall–Kier alpha value is -1.65. The van der Waals surface area contributed by atoms with E-state index in [-0.39, 0.29) is 17.2 Å². The number of hydrogen-bond acceptors (Lipinski definition) is 3. The van der Waals surface area contributed by atoms with Crippen molar-refractivity contribution < 1.29 is 18.0 Å². The predicted octanol–water partition coefficient (Wildman–Crippen LogP) is 2.40. The minimum absolute atomic E-state index is 0.277. The van der Waals surface area contributed by atoms with Gasteiger partial charge in [-0.1, -0.05) is 0 Å². The van der Waals surface area contributed by atoms with E-state index in [1.807, 2.05) is 22.6 Å². The van der Waals surface area contributed by atoms with Crippen molar-refractivity contribution in [3.63, 3.8) is 0 Å². The van der Waals surface area contributed by atoms with Crippen LogP contribution in [0.2, 0.25) is 0 Å². The first-order valence-electron chi connectivity index (χ1n) is 6.41. The van der Waals surface area contributed by atoms with Crippen molar-refractivity contribution >= 4 is 28.5 Å². The van der Waals surface area contributed by atoms with E-state index in [1.165, 1.54) is 18.3 Å². The molecule has 5 nitrogen and oxygen atoms in total. The van der Waals surface area contributed by atoms with Gasteiger partial charge >= 0.3 is 6.18 Å². The zero-order valence-electron chi connectivity index (χ0n) is 11.1. The Morgan fingerprint density at radius 1 is 1.41 bits per heavy atom. The Balaban J connectivity index is 2.18. The van der Waals surface area contributed by atoms with Gasteiger partial charge in [-0.05, 0) is 12.1 Å². The van der Waals surface area contributed by atoms with Crippen LogP contribution in [0.5, 0.6) is 0 Å². The molecule has 3 heterocycles. The molecule has 1 amide bonds. The average Bonchev–Trinajstić information content (AvgIpc) is 2.77. The Morgan fingerprint density at radius 3 is 2.86 bits per heavy atom. The van der Waals surface area contributed by atoms with Crippen LogP contribution in [0.15, 0.2) is 18.3 Å². The minimum Gasteiger partial charge on any atom is -0.352 e. The van der Waals surface area contributed by atoms with Crippen molar-refractivity contribution in [1.82, 2.24) is 19.9 Å². The highest BCUT2D eigenvalue weighted by molar-refractivity contribution is 14.1. The molecule has 1 aliphatic heterocycles. The summed E-state index contributed by atoms with van der Waals surface area (Å²) < 4.78 is 40.3. The van der Waals surface area contributed by atoms with E-state index in [0.29, 0.717) is 28.2 Å². The first-order chi connectivity index (χ1) is 10.3.